The molecule has 3 heterocycles. The molecule has 1 unspecified atom stereocenters. The van der Waals surface area contributed by atoms with Crippen LogP contribution in [0, 0.1) is 0 Å². The molecule has 0 saturated carbocycles. The highest BCUT2D eigenvalue weighted by molar-refractivity contribution is 5.89. The minimum atomic E-state index is -0.0386. The van der Waals surface area contributed by atoms with Crippen LogP contribution in [0.4, 0.5) is 17.1 Å². The molecular formula is C45H37N5. The zero-order chi connectivity index (χ0) is 33.5. The van der Waals surface area contributed by atoms with Gasteiger partial charge in [-0.1, -0.05) is 109 Å². The number of dihydropyridines is 2. The number of nitrogens with one attached hydrogen (secondary N) is 4. The summed E-state index contributed by atoms with van der Waals surface area (Å²) in [6.07, 6.45) is 12.6. The Kier molecular flexibility index (Phi) is 8.76. The molecule has 1 atom stereocenters. The highest BCUT2D eigenvalue weighted by atomic mass is 15.0. The van der Waals surface area contributed by atoms with Crippen molar-refractivity contribution in [2.75, 3.05) is 17.2 Å². The minimum Gasteiger partial charge on any atom is -0.383 e. The second-order valence-corrected chi connectivity index (χ2v) is 12.3. The Labute approximate surface area is 293 Å². The van der Waals surface area contributed by atoms with E-state index in [1.165, 1.54) is 0 Å². The van der Waals surface area contributed by atoms with Gasteiger partial charge >= 0.3 is 0 Å². The van der Waals surface area contributed by atoms with Crippen molar-refractivity contribution >= 4 is 22.8 Å². The summed E-state index contributed by atoms with van der Waals surface area (Å²) in [6.45, 7) is 0.804. The lowest BCUT2D eigenvalue weighted by molar-refractivity contribution is 0.708. The molecule has 1 aromatic heterocycles. The van der Waals surface area contributed by atoms with Gasteiger partial charge in [0, 0.05) is 52.3 Å². The van der Waals surface area contributed by atoms with Crippen molar-refractivity contribution in [1.82, 2.24) is 15.6 Å². The molecule has 8 rings (SSSR count). The molecule has 6 aromatic rings. The van der Waals surface area contributed by atoms with E-state index in [4.69, 9.17) is 0 Å². The van der Waals surface area contributed by atoms with Crippen LogP contribution in [-0.4, -0.2) is 17.6 Å². The van der Waals surface area contributed by atoms with Gasteiger partial charge in [-0.15, -0.1) is 0 Å². The molecule has 0 saturated heterocycles. The van der Waals surface area contributed by atoms with Crippen LogP contribution in [-0.2, 0) is 0 Å². The van der Waals surface area contributed by atoms with E-state index in [9.17, 15) is 0 Å². The first kappa shape index (κ1) is 30.7. The first-order chi connectivity index (χ1) is 24.8. The topological polar surface area (TPSA) is 61.0 Å². The third-order valence-electron chi connectivity index (χ3n) is 8.94. The van der Waals surface area contributed by atoms with Crippen LogP contribution in [0.1, 0.15) is 5.69 Å². The van der Waals surface area contributed by atoms with Crippen LogP contribution in [0.5, 0.6) is 0 Å². The molecule has 0 aliphatic carbocycles. The van der Waals surface area contributed by atoms with Crippen LogP contribution in [0.25, 0.3) is 39.1 Å². The van der Waals surface area contributed by atoms with E-state index in [2.05, 4.69) is 178 Å². The molecule has 5 heteroatoms. The SMILES string of the molecule is C1=CCNC(C2C=C(Nc3ccc(-c4ccc(Nc5ccccc5)c(-c5ccccc5)c4)cc3-c3ccccc3)C=C(c3ccccn3)N2)=C1. The Morgan fingerprint density at radius 2 is 1.22 bits per heavy atom. The monoisotopic (exact) mass is 647 g/mol. The zero-order valence-electron chi connectivity index (χ0n) is 27.6. The number of benzene rings is 5. The van der Waals surface area contributed by atoms with E-state index >= 15 is 0 Å². The molecular weight excluding hydrogens is 611 g/mol. The first-order valence-corrected chi connectivity index (χ1v) is 17.0. The third-order valence-corrected chi connectivity index (χ3v) is 8.94. The molecule has 0 radical (unpaired) electrons. The Hall–Kier alpha value is -6.59. The summed E-state index contributed by atoms with van der Waals surface area (Å²) in [5.74, 6) is 0. The molecule has 2 aliphatic heterocycles. The van der Waals surface area contributed by atoms with Gasteiger partial charge in [-0.05, 0) is 89.0 Å². The standard InChI is InChI=1S/C45H37N5/c1-4-14-32(15-5-1)38-28-34(22-24-40(38)48-36-18-8-3-9-19-36)35-23-25-41(39(29-35)33-16-6-2-7-17-33)49-37-30-44(42-20-10-12-26-46-42)50-45(31-37)43-21-11-13-27-47-43/h1-26,28-31,45,47-50H,27H2. The summed E-state index contributed by atoms with van der Waals surface area (Å²) in [7, 11) is 0. The maximum atomic E-state index is 4.65. The van der Waals surface area contributed by atoms with Crippen molar-refractivity contribution < 1.29 is 0 Å². The van der Waals surface area contributed by atoms with E-state index in [-0.39, 0.29) is 6.04 Å². The third kappa shape index (κ3) is 6.84. The number of hydrogen-bond acceptors (Lipinski definition) is 5. The average molecular weight is 648 g/mol. The van der Waals surface area contributed by atoms with Crippen LogP contribution in [0.2, 0.25) is 0 Å². The van der Waals surface area contributed by atoms with E-state index in [1.807, 2.05) is 30.5 Å². The van der Waals surface area contributed by atoms with Crippen molar-refractivity contribution in [3.63, 3.8) is 0 Å². The second kappa shape index (κ2) is 14.3. The molecule has 242 valence electrons. The van der Waals surface area contributed by atoms with Crippen molar-refractivity contribution in [1.29, 1.82) is 0 Å². The molecule has 0 amide bonds. The smallest absolute Gasteiger partial charge is 0.0867 e. The fraction of sp³-hybridized carbons (Fsp3) is 0.0444. The van der Waals surface area contributed by atoms with Crippen LogP contribution in [0.3, 0.4) is 0 Å². The van der Waals surface area contributed by atoms with Crippen LogP contribution < -0.4 is 21.3 Å². The highest BCUT2D eigenvalue weighted by Crippen LogP contribution is 2.38. The number of allylic oxidation sites excluding steroid dienone is 3. The quantitative estimate of drug-likeness (QED) is 0.126. The van der Waals surface area contributed by atoms with Crippen molar-refractivity contribution in [3.8, 4) is 33.4 Å². The fourth-order valence-electron chi connectivity index (χ4n) is 6.45. The number of anilines is 3. The fourth-order valence-corrected chi connectivity index (χ4v) is 6.45. The number of nitrogens with zero attached hydrogens (tertiary/aromatic N) is 1. The van der Waals surface area contributed by atoms with Crippen molar-refractivity contribution in [3.05, 3.63) is 199 Å². The molecule has 50 heavy (non-hydrogen) atoms. The van der Waals surface area contributed by atoms with Gasteiger partial charge in [0.15, 0.2) is 0 Å². The summed E-state index contributed by atoms with van der Waals surface area (Å²) in [5, 5.41) is 14.7. The lowest BCUT2D eigenvalue weighted by Crippen LogP contribution is -2.37. The predicted octanol–water partition coefficient (Wildman–Crippen LogP) is 10.2. The summed E-state index contributed by atoms with van der Waals surface area (Å²) in [4.78, 5) is 4.65. The highest BCUT2D eigenvalue weighted by Gasteiger charge is 2.21. The Balaban J connectivity index is 1.19. The van der Waals surface area contributed by atoms with Gasteiger partial charge in [0.1, 0.15) is 0 Å². The summed E-state index contributed by atoms with van der Waals surface area (Å²) < 4.78 is 0. The first-order valence-electron chi connectivity index (χ1n) is 17.0. The Morgan fingerprint density at radius 1 is 0.600 bits per heavy atom. The average Bonchev–Trinajstić information content (AvgIpc) is 3.20. The molecule has 4 N–H and O–H groups in total. The van der Waals surface area contributed by atoms with E-state index in [0.29, 0.717) is 0 Å². The Morgan fingerprint density at radius 3 is 1.82 bits per heavy atom. The van der Waals surface area contributed by atoms with Gasteiger partial charge in [-0.2, -0.15) is 0 Å². The number of pyridine rings is 1. The molecule has 0 spiro atoms. The van der Waals surface area contributed by atoms with Gasteiger partial charge in [0.05, 0.1) is 17.4 Å². The molecule has 2 aliphatic rings. The Bertz CT molecular complexity index is 2220. The molecule has 5 nitrogen and oxygen atoms in total. The largest absolute Gasteiger partial charge is 0.383 e. The maximum Gasteiger partial charge on any atom is 0.0867 e. The van der Waals surface area contributed by atoms with E-state index in [1.54, 1.807) is 0 Å². The lowest BCUT2D eigenvalue weighted by atomic mass is 9.94. The predicted molar refractivity (Wildman–Crippen MR) is 209 cm³/mol. The second-order valence-electron chi connectivity index (χ2n) is 12.3. The minimum absolute atomic E-state index is 0.0386. The normalized spacial score (nSPS) is 15.1. The number of hydrogen-bond donors (Lipinski definition) is 4. The van der Waals surface area contributed by atoms with Crippen molar-refractivity contribution in [2.45, 2.75) is 6.04 Å². The molecule has 5 aromatic carbocycles. The lowest BCUT2D eigenvalue weighted by Gasteiger charge is -2.28. The van der Waals surface area contributed by atoms with Crippen molar-refractivity contribution in [2.24, 2.45) is 0 Å². The molecule has 0 fully saturated rings. The van der Waals surface area contributed by atoms with E-state index < -0.39 is 0 Å². The summed E-state index contributed by atoms with van der Waals surface area (Å²) in [5.41, 5.74) is 14.0. The van der Waals surface area contributed by atoms with Gasteiger partial charge < -0.3 is 21.3 Å². The van der Waals surface area contributed by atoms with Crippen LogP contribution in [0.15, 0.2) is 194 Å². The molecule has 0 bridgehead atoms. The summed E-state index contributed by atoms with van der Waals surface area (Å²) >= 11 is 0. The van der Waals surface area contributed by atoms with Gasteiger partial charge in [0.2, 0.25) is 0 Å². The van der Waals surface area contributed by atoms with Gasteiger partial charge in [0.25, 0.3) is 0 Å². The van der Waals surface area contributed by atoms with E-state index in [0.717, 1.165) is 79.8 Å². The number of aromatic nitrogens is 1. The summed E-state index contributed by atoms with van der Waals surface area (Å²) in [6, 6.07) is 50.8. The van der Waals surface area contributed by atoms with Crippen LogP contribution >= 0.6 is 0 Å². The maximum absolute atomic E-state index is 4.65. The number of para-hydroxylation sites is 1. The zero-order valence-corrected chi connectivity index (χ0v) is 27.6. The van der Waals surface area contributed by atoms with Gasteiger partial charge in [-0.25, -0.2) is 0 Å². The number of rotatable bonds is 9. The van der Waals surface area contributed by atoms with Gasteiger partial charge in [-0.3, -0.25) is 4.98 Å².